The Morgan fingerprint density at radius 2 is 1.95 bits per heavy atom. The summed E-state index contributed by atoms with van der Waals surface area (Å²) in [5.74, 6) is 1.78. The van der Waals surface area contributed by atoms with Gasteiger partial charge < -0.3 is 9.47 Å². The second-order valence-electron chi connectivity index (χ2n) is 4.66. The molecule has 0 radical (unpaired) electrons. The Morgan fingerprint density at radius 3 is 2.57 bits per heavy atom. The van der Waals surface area contributed by atoms with Crippen LogP contribution in [0.5, 0.6) is 11.5 Å². The quantitative estimate of drug-likeness (QED) is 0.778. The summed E-state index contributed by atoms with van der Waals surface area (Å²) in [6, 6.07) is 13.3. The Hall–Kier alpha value is -2.18. The summed E-state index contributed by atoms with van der Waals surface area (Å²) in [5, 5.41) is 8.87. The maximum atomic E-state index is 8.87. The standard InChI is InChI=1S/C17H16ClNO2/c1-12-7-14(10-19)3-5-15(12)11-21-16-6-4-13(9-18)8-17(16)20-2/h3-8H,9,11H2,1-2H3. The van der Waals surface area contributed by atoms with Gasteiger partial charge in [-0.25, -0.2) is 0 Å². The molecule has 0 aromatic heterocycles. The first-order chi connectivity index (χ1) is 10.2. The van der Waals surface area contributed by atoms with Crippen molar-refractivity contribution >= 4 is 11.6 Å². The third-order valence-corrected chi connectivity index (χ3v) is 3.55. The van der Waals surface area contributed by atoms with Gasteiger partial charge in [-0.3, -0.25) is 0 Å². The molecule has 0 unspecified atom stereocenters. The average Bonchev–Trinajstić information content (AvgIpc) is 2.53. The number of aryl methyl sites for hydroxylation is 1. The minimum absolute atomic E-state index is 0.425. The summed E-state index contributed by atoms with van der Waals surface area (Å²) in [6.45, 7) is 2.39. The fraction of sp³-hybridized carbons (Fsp3) is 0.235. The zero-order chi connectivity index (χ0) is 15.2. The molecule has 0 N–H and O–H groups in total. The molecule has 0 aliphatic carbocycles. The zero-order valence-corrected chi connectivity index (χ0v) is 12.8. The van der Waals surface area contributed by atoms with Crippen LogP contribution in [-0.2, 0) is 12.5 Å². The molecule has 4 heteroatoms. The van der Waals surface area contributed by atoms with E-state index in [2.05, 4.69) is 6.07 Å². The van der Waals surface area contributed by atoms with E-state index in [1.54, 1.807) is 13.2 Å². The summed E-state index contributed by atoms with van der Waals surface area (Å²) >= 11 is 5.81. The lowest BCUT2D eigenvalue weighted by Crippen LogP contribution is -2.00. The van der Waals surface area contributed by atoms with E-state index in [1.807, 2.05) is 37.3 Å². The molecule has 0 amide bonds. The summed E-state index contributed by atoms with van der Waals surface area (Å²) in [6.07, 6.45) is 0. The van der Waals surface area contributed by atoms with Crippen molar-refractivity contribution in [1.29, 1.82) is 5.26 Å². The molecule has 0 aliphatic heterocycles. The first kappa shape index (κ1) is 15.2. The topological polar surface area (TPSA) is 42.2 Å². The molecule has 0 aliphatic rings. The van der Waals surface area contributed by atoms with E-state index in [0.29, 0.717) is 29.5 Å². The molecule has 2 aromatic carbocycles. The van der Waals surface area contributed by atoms with Crippen molar-refractivity contribution in [2.24, 2.45) is 0 Å². The lowest BCUT2D eigenvalue weighted by atomic mass is 10.1. The van der Waals surface area contributed by atoms with Crippen molar-refractivity contribution in [2.45, 2.75) is 19.4 Å². The van der Waals surface area contributed by atoms with E-state index >= 15 is 0 Å². The van der Waals surface area contributed by atoms with Crippen molar-refractivity contribution in [2.75, 3.05) is 7.11 Å². The van der Waals surface area contributed by atoms with E-state index in [4.69, 9.17) is 26.3 Å². The molecule has 0 heterocycles. The zero-order valence-electron chi connectivity index (χ0n) is 12.0. The molecular formula is C17H16ClNO2. The number of methoxy groups -OCH3 is 1. The van der Waals surface area contributed by atoms with E-state index in [-0.39, 0.29) is 0 Å². The number of ether oxygens (including phenoxy) is 2. The van der Waals surface area contributed by atoms with E-state index in [1.165, 1.54) is 0 Å². The smallest absolute Gasteiger partial charge is 0.161 e. The maximum Gasteiger partial charge on any atom is 0.161 e. The molecular weight excluding hydrogens is 286 g/mol. The molecule has 108 valence electrons. The molecule has 2 aromatic rings. The van der Waals surface area contributed by atoms with E-state index in [9.17, 15) is 0 Å². The van der Waals surface area contributed by atoms with E-state index in [0.717, 1.165) is 16.7 Å². The molecule has 0 saturated carbocycles. The van der Waals surface area contributed by atoms with Crippen molar-refractivity contribution in [3.8, 4) is 17.6 Å². The van der Waals surface area contributed by atoms with Gasteiger partial charge in [-0.15, -0.1) is 11.6 Å². The fourth-order valence-corrected chi connectivity index (χ4v) is 2.16. The van der Waals surface area contributed by atoms with Gasteiger partial charge >= 0.3 is 0 Å². The van der Waals surface area contributed by atoms with Crippen LogP contribution in [0.3, 0.4) is 0 Å². The highest BCUT2D eigenvalue weighted by molar-refractivity contribution is 6.17. The Balaban J connectivity index is 2.15. The maximum absolute atomic E-state index is 8.87. The normalized spacial score (nSPS) is 10.0. The summed E-state index contributed by atoms with van der Waals surface area (Å²) < 4.78 is 11.1. The van der Waals surface area contributed by atoms with Gasteiger partial charge in [-0.05, 0) is 47.9 Å². The highest BCUT2D eigenvalue weighted by Gasteiger charge is 2.07. The van der Waals surface area contributed by atoms with Gasteiger partial charge in [0, 0.05) is 5.88 Å². The monoisotopic (exact) mass is 301 g/mol. The molecule has 3 nitrogen and oxygen atoms in total. The largest absolute Gasteiger partial charge is 0.493 e. The van der Waals surface area contributed by atoms with Crippen LogP contribution in [0.2, 0.25) is 0 Å². The van der Waals surface area contributed by atoms with Gasteiger partial charge in [0.2, 0.25) is 0 Å². The highest BCUT2D eigenvalue weighted by atomic mass is 35.5. The number of nitrogens with zero attached hydrogens (tertiary/aromatic N) is 1. The number of nitriles is 1. The highest BCUT2D eigenvalue weighted by Crippen LogP contribution is 2.29. The Morgan fingerprint density at radius 1 is 1.14 bits per heavy atom. The van der Waals surface area contributed by atoms with E-state index < -0.39 is 0 Å². The van der Waals surface area contributed by atoms with Gasteiger partial charge in [0.1, 0.15) is 6.61 Å². The first-order valence-corrected chi connectivity index (χ1v) is 7.06. The Bertz CT molecular complexity index is 677. The van der Waals surface area contributed by atoms with Crippen molar-refractivity contribution in [1.82, 2.24) is 0 Å². The summed E-state index contributed by atoms with van der Waals surface area (Å²) in [5.41, 5.74) is 3.71. The molecule has 0 bridgehead atoms. The Kier molecular flexibility index (Phi) is 5.08. The molecule has 0 saturated heterocycles. The van der Waals surface area contributed by atoms with Crippen LogP contribution in [-0.4, -0.2) is 7.11 Å². The Labute approximate surface area is 129 Å². The summed E-state index contributed by atoms with van der Waals surface area (Å²) in [7, 11) is 1.60. The third-order valence-electron chi connectivity index (χ3n) is 3.24. The van der Waals surface area contributed by atoms with Gasteiger partial charge in [-0.1, -0.05) is 12.1 Å². The predicted molar refractivity (Wildman–Crippen MR) is 82.8 cm³/mol. The summed E-state index contributed by atoms with van der Waals surface area (Å²) in [4.78, 5) is 0. The first-order valence-electron chi connectivity index (χ1n) is 6.53. The van der Waals surface area contributed by atoms with Crippen LogP contribution >= 0.6 is 11.6 Å². The number of benzene rings is 2. The van der Waals surface area contributed by atoms with Crippen LogP contribution in [0.25, 0.3) is 0 Å². The average molecular weight is 302 g/mol. The van der Waals surface area contributed by atoms with Gasteiger partial charge in [0.15, 0.2) is 11.5 Å². The van der Waals surface area contributed by atoms with Gasteiger partial charge in [0.25, 0.3) is 0 Å². The molecule has 2 rings (SSSR count). The lowest BCUT2D eigenvalue weighted by Gasteiger charge is -2.13. The molecule has 21 heavy (non-hydrogen) atoms. The molecule has 0 atom stereocenters. The number of rotatable bonds is 5. The minimum Gasteiger partial charge on any atom is -0.493 e. The van der Waals surface area contributed by atoms with Crippen molar-refractivity contribution < 1.29 is 9.47 Å². The number of hydrogen-bond acceptors (Lipinski definition) is 3. The van der Waals surface area contributed by atoms with Crippen LogP contribution in [0, 0.1) is 18.3 Å². The number of alkyl halides is 1. The third kappa shape index (κ3) is 3.68. The molecule has 0 spiro atoms. The fourth-order valence-electron chi connectivity index (χ4n) is 2.00. The van der Waals surface area contributed by atoms with Crippen LogP contribution in [0.4, 0.5) is 0 Å². The number of hydrogen-bond donors (Lipinski definition) is 0. The van der Waals surface area contributed by atoms with Crippen LogP contribution in [0.1, 0.15) is 22.3 Å². The lowest BCUT2D eigenvalue weighted by molar-refractivity contribution is 0.284. The second-order valence-corrected chi connectivity index (χ2v) is 4.93. The van der Waals surface area contributed by atoms with Crippen LogP contribution in [0.15, 0.2) is 36.4 Å². The van der Waals surface area contributed by atoms with Gasteiger partial charge in [0.05, 0.1) is 18.7 Å². The van der Waals surface area contributed by atoms with Crippen molar-refractivity contribution in [3.63, 3.8) is 0 Å². The second kappa shape index (κ2) is 7.01. The SMILES string of the molecule is COc1cc(CCl)ccc1OCc1ccc(C#N)cc1C. The minimum atomic E-state index is 0.425. The molecule has 0 fully saturated rings. The van der Waals surface area contributed by atoms with Gasteiger partial charge in [-0.2, -0.15) is 5.26 Å². The van der Waals surface area contributed by atoms with Crippen LogP contribution < -0.4 is 9.47 Å². The number of halogens is 1. The van der Waals surface area contributed by atoms with Crippen molar-refractivity contribution in [3.05, 3.63) is 58.7 Å². The predicted octanol–water partition coefficient (Wildman–Crippen LogP) is 4.19.